The van der Waals surface area contributed by atoms with Gasteiger partial charge >= 0.3 is 0 Å². The second-order valence-electron chi connectivity index (χ2n) is 6.61. The molecule has 0 fully saturated rings. The van der Waals surface area contributed by atoms with Gasteiger partial charge in [0, 0.05) is 17.3 Å². The van der Waals surface area contributed by atoms with Crippen LogP contribution in [0, 0.1) is 0 Å². The standard InChI is InChI=1S/C25H18N2/c1-2-7-18(8-3-1)21-15-16-26-24(17-21)27-23-12-6-10-20-14-13-19-9-4-5-11-22(19)25(20)23/h1-17H,(H,26,27). The summed E-state index contributed by atoms with van der Waals surface area (Å²) in [5.74, 6) is 0.844. The van der Waals surface area contributed by atoms with Crippen molar-refractivity contribution >= 4 is 33.1 Å². The third-order valence-electron chi connectivity index (χ3n) is 4.90. The maximum atomic E-state index is 4.54. The molecule has 128 valence electrons. The molecule has 4 aromatic carbocycles. The SMILES string of the molecule is c1ccc(-c2ccnc(Nc3cccc4ccc5ccccc5c34)c2)cc1. The number of nitrogens with zero attached hydrogens (tertiary/aromatic N) is 1. The Labute approximate surface area is 158 Å². The van der Waals surface area contributed by atoms with Gasteiger partial charge in [0.05, 0.1) is 0 Å². The van der Waals surface area contributed by atoms with Gasteiger partial charge in [-0.15, -0.1) is 0 Å². The first-order chi connectivity index (χ1) is 13.4. The molecule has 0 aliphatic carbocycles. The van der Waals surface area contributed by atoms with Crippen LogP contribution in [0.25, 0.3) is 32.7 Å². The molecule has 0 bridgehead atoms. The molecule has 0 amide bonds. The fraction of sp³-hybridized carbons (Fsp3) is 0. The van der Waals surface area contributed by atoms with Crippen LogP contribution in [-0.2, 0) is 0 Å². The van der Waals surface area contributed by atoms with Crippen molar-refractivity contribution in [3.05, 3.63) is 103 Å². The minimum atomic E-state index is 0.844. The molecule has 0 aliphatic rings. The van der Waals surface area contributed by atoms with Gasteiger partial charge in [0.15, 0.2) is 0 Å². The summed E-state index contributed by atoms with van der Waals surface area (Å²) in [7, 11) is 0. The normalized spacial score (nSPS) is 11.0. The molecule has 0 aliphatic heterocycles. The van der Waals surface area contributed by atoms with Crippen molar-refractivity contribution in [2.45, 2.75) is 0 Å². The van der Waals surface area contributed by atoms with Gasteiger partial charge in [-0.25, -0.2) is 4.98 Å². The maximum absolute atomic E-state index is 4.54. The van der Waals surface area contributed by atoms with Crippen molar-refractivity contribution in [1.82, 2.24) is 4.98 Å². The number of hydrogen-bond acceptors (Lipinski definition) is 2. The number of benzene rings is 4. The largest absolute Gasteiger partial charge is 0.340 e. The molecular formula is C25H18N2. The van der Waals surface area contributed by atoms with E-state index < -0.39 is 0 Å². The minimum Gasteiger partial charge on any atom is -0.340 e. The topological polar surface area (TPSA) is 24.9 Å². The quantitative estimate of drug-likeness (QED) is 0.363. The Morgan fingerprint density at radius 1 is 0.593 bits per heavy atom. The molecule has 0 unspecified atom stereocenters. The molecule has 0 saturated carbocycles. The van der Waals surface area contributed by atoms with Crippen molar-refractivity contribution in [2.24, 2.45) is 0 Å². The van der Waals surface area contributed by atoms with Crippen LogP contribution in [0.1, 0.15) is 0 Å². The van der Waals surface area contributed by atoms with Gasteiger partial charge in [0.25, 0.3) is 0 Å². The van der Waals surface area contributed by atoms with E-state index in [1.54, 1.807) is 0 Å². The van der Waals surface area contributed by atoms with Gasteiger partial charge in [-0.3, -0.25) is 0 Å². The summed E-state index contributed by atoms with van der Waals surface area (Å²) in [6, 6.07) is 33.7. The Balaban J connectivity index is 1.62. The van der Waals surface area contributed by atoms with E-state index in [0.29, 0.717) is 0 Å². The number of fused-ring (bicyclic) bond motifs is 3. The van der Waals surface area contributed by atoms with Gasteiger partial charge in [-0.1, -0.05) is 78.9 Å². The summed E-state index contributed by atoms with van der Waals surface area (Å²) in [6.07, 6.45) is 1.86. The van der Waals surface area contributed by atoms with E-state index in [0.717, 1.165) is 17.1 Å². The zero-order valence-electron chi connectivity index (χ0n) is 14.8. The van der Waals surface area contributed by atoms with Crippen LogP contribution in [0.4, 0.5) is 11.5 Å². The lowest BCUT2D eigenvalue weighted by Gasteiger charge is -2.12. The molecule has 1 heterocycles. The van der Waals surface area contributed by atoms with Crippen LogP contribution >= 0.6 is 0 Å². The van der Waals surface area contributed by atoms with Crippen LogP contribution in [-0.4, -0.2) is 4.98 Å². The Morgan fingerprint density at radius 2 is 1.37 bits per heavy atom. The molecule has 0 atom stereocenters. The van der Waals surface area contributed by atoms with Crippen molar-refractivity contribution < 1.29 is 0 Å². The molecule has 0 radical (unpaired) electrons. The van der Waals surface area contributed by atoms with E-state index in [4.69, 9.17) is 0 Å². The van der Waals surface area contributed by atoms with Crippen molar-refractivity contribution in [3.8, 4) is 11.1 Å². The lowest BCUT2D eigenvalue weighted by Crippen LogP contribution is -1.95. The van der Waals surface area contributed by atoms with Crippen molar-refractivity contribution in [3.63, 3.8) is 0 Å². The van der Waals surface area contributed by atoms with E-state index >= 15 is 0 Å². The molecule has 5 aromatic rings. The summed E-state index contributed by atoms with van der Waals surface area (Å²) in [5.41, 5.74) is 3.41. The summed E-state index contributed by atoms with van der Waals surface area (Å²) in [6.45, 7) is 0. The van der Waals surface area contributed by atoms with Crippen LogP contribution in [0.3, 0.4) is 0 Å². The predicted molar refractivity (Wildman–Crippen MR) is 114 cm³/mol. The van der Waals surface area contributed by atoms with E-state index in [1.807, 2.05) is 18.3 Å². The highest BCUT2D eigenvalue weighted by Gasteiger charge is 2.07. The third kappa shape index (κ3) is 2.91. The Hall–Kier alpha value is -3.65. The van der Waals surface area contributed by atoms with Crippen LogP contribution in [0.15, 0.2) is 103 Å². The molecule has 2 heteroatoms. The number of hydrogen-bond donors (Lipinski definition) is 1. The first-order valence-corrected chi connectivity index (χ1v) is 9.07. The van der Waals surface area contributed by atoms with Gasteiger partial charge in [-0.05, 0) is 45.5 Å². The van der Waals surface area contributed by atoms with Gasteiger partial charge in [-0.2, -0.15) is 0 Å². The Kier molecular flexibility index (Phi) is 3.80. The first kappa shape index (κ1) is 15.6. The number of aromatic nitrogens is 1. The van der Waals surface area contributed by atoms with Gasteiger partial charge in [0.2, 0.25) is 0 Å². The molecule has 1 aromatic heterocycles. The van der Waals surface area contributed by atoms with E-state index in [1.165, 1.54) is 27.1 Å². The summed E-state index contributed by atoms with van der Waals surface area (Å²) in [5, 5.41) is 8.47. The average molecular weight is 346 g/mol. The second kappa shape index (κ2) is 6.58. The van der Waals surface area contributed by atoms with Gasteiger partial charge in [0.1, 0.15) is 5.82 Å². The molecule has 27 heavy (non-hydrogen) atoms. The highest BCUT2D eigenvalue weighted by atomic mass is 15.0. The summed E-state index contributed by atoms with van der Waals surface area (Å²) >= 11 is 0. The summed E-state index contributed by atoms with van der Waals surface area (Å²) < 4.78 is 0. The minimum absolute atomic E-state index is 0.844. The number of nitrogens with one attached hydrogen (secondary N) is 1. The van der Waals surface area contributed by atoms with Crippen molar-refractivity contribution in [1.29, 1.82) is 0 Å². The second-order valence-corrected chi connectivity index (χ2v) is 6.61. The fourth-order valence-corrected chi connectivity index (χ4v) is 3.61. The zero-order chi connectivity index (χ0) is 18.1. The third-order valence-corrected chi connectivity index (χ3v) is 4.90. The van der Waals surface area contributed by atoms with E-state index in [9.17, 15) is 0 Å². The Morgan fingerprint density at radius 3 is 2.30 bits per heavy atom. The molecule has 1 N–H and O–H groups in total. The molecule has 5 rings (SSSR count). The van der Waals surface area contributed by atoms with E-state index in [-0.39, 0.29) is 0 Å². The highest BCUT2D eigenvalue weighted by Crippen LogP contribution is 2.33. The summed E-state index contributed by atoms with van der Waals surface area (Å²) in [4.78, 5) is 4.54. The molecule has 0 saturated heterocycles. The molecule has 2 nitrogen and oxygen atoms in total. The van der Waals surface area contributed by atoms with Crippen molar-refractivity contribution in [2.75, 3.05) is 5.32 Å². The Bertz CT molecular complexity index is 1240. The molecule has 0 spiro atoms. The number of rotatable bonds is 3. The van der Waals surface area contributed by atoms with E-state index in [2.05, 4.69) is 95.2 Å². The number of anilines is 2. The monoisotopic (exact) mass is 346 g/mol. The van der Waals surface area contributed by atoms with Gasteiger partial charge < -0.3 is 5.32 Å². The predicted octanol–water partition coefficient (Wildman–Crippen LogP) is 6.80. The molecular weight excluding hydrogens is 328 g/mol. The highest BCUT2D eigenvalue weighted by molar-refractivity contribution is 6.13. The lowest BCUT2D eigenvalue weighted by atomic mass is 10.0. The lowest BCUT2D eigenvalue weighted by molar-refractivity contribution is 1.31. The van der Waals surface area contributed by atoms with Crippen LogP contribution < -0.4 is 5.32 Å². The zero-order valence-corrected chi connectivity index (χ0v) is 14.8. The maximum Gasteiger partial charge on any atom is 0.130 e. The number of pyridine rings is 1. The van der Waals surface area contributed by atoms with Crippen LogP contribution in [0.5, 0.6) is 0 Å². The van der Waals surface area contributed by atoms with Crippen LogP contribution in [0.2, 0.25) is 0 Å². The fourth-order valence-electron chi connectivity index (χ4n) is 3.61. The average Bonchev–Trinajstić information content (AvgIpc) is 2.74. The smallest absolute Gasteiger partial charge is 0.130 e. The first-order valence-electron chi connectivity index (χ1n) is 9.07.